The second-order valence-corrected chi connectivity index (χ2v) is 12.4. The van der Waals surface area contributed by atoms with E-state index in [1.165, 1.54) is 12.8 Å². The van der Waals surface area contributed by atoms with E-state index < -0.39 is 16.6 Å². The summed E-state index contributed by atoms with van der Waals surface area (Å²) in [6, 6.07) is 3.65. The van der Waals surface area contributed by atoms with Gasteiger partial charge in [-0.05, 0) is 106 Å². The van der Waals surface area contributed by atoms with E-state index in [2.05, 4.69) is 12.0 Å². The summed E-state index contributed by atoms with van der Waals surface area (Å²) in [6.45, 7) is 4.43. The molecule has 6 nitrogen and oxygen atoms in total. The molecule has 0 bridgehead atoms. The van der Waals surface area contributed by atoms with Gasteiger partial charge in [-0.2, -0.15) is 10.4 Å². The van der Waals surface area contributed by atoms with Crippen LogP contribution in [0.2, 0.25) is 0 Å². The topological polar surface area (TPSA) is 99.1 Å². The van der Waals surface area contributed by atoms with Gasteiger partial charge in [0.25, 0.3) is 0 Å². The second kappa shape index (κ2) is 6.45. The third kappa shape index (κ3) is 2.58. The molecule has 172 valence electrons. The number of ketones is 1. The lowest BCUT2D eigenvalue weighted by Crippen LogP contribution is -2.52. The molecule has 5 fully saturated rings. The average Bonchev–Trinajstić information content (AvgIpc) is 3.05. The summed E-state index contributed by atoms with van der Waals surface area (Å²) in [6.07, 6.45) is 10.5. The number of fused-ring (bicyclic) bond motifs is 7. The van der Waals surface area contributed by atoms with Gasteiger partial charge in [-0.25, -0.2) is 0 Å². The molecule has 9 atom stereocenters. The van der Waals surface area contributed by atoms with E-state index >= 15 is 0 Å². The van der Waals surface area contributed by atoms with Crippen LogP contribution in [-0.4, -0.2) is 37.0 Å². The summed E-state index contributed by atoms with van der Waals surface area (Å²) in [5, 5.41) is 35.4. The summed E-state index contributed by atoms with van der Waals surface area (Å²) < 4.78 is 1.57. The van der Waals surface area contributed by atoms with Crippen LogP contribution in [-0.2, 0) is 11.3 Å². The fourth-order valence-electron chi connectivity index (χ4n) is 9.51. The molecular weight excluding hydrogens is 402 g/mol. The van der Waals surface area contributed by atoms with Crippen LogP contribution < -0.4 is 0 Å². The molecule has 5 saturated carbocycles. The zero-order valence-electron chi connectivity index (χ0n) is 19.3. The Hall–Kier alpha value is -1.71. The molecule has 5 aliphatic rings. The summed E-state index contributed by atoms with van der Waals surface area (Å²) in [5.41, 5.74) is -1.85. The predicted molar refractivity (Wildman–Crippen MR) is 117 cm³/mol. The van der Waals surface area contributed by atoms with Gasteiger partial charge in [0, 0.05) is 6.20 Å². The van der Waals surface area contributed by atoms with Crippen molar-refractivity contribution in [3.63, 3.8) is 0 Å². The quantitative estimate of drug-likeness (QED) is 0.754. The Balaban J connectivity index is 1.26. The molecule has 1 heterocycles. The van der Waals surface area contributed by atoms with Crippen LogP contribution in [0.5, 0.6) is 0 Å². The lowest BCUT2D eigenvalue weighted by molar-refractivity contribution is -0.140. The number of nitrogens with zero attached hydrogens (tertiary/aromatic N) is 3. The molecule has 0 aromatic carbocycles. The summed E-state index contributed by atoms with van der Waals surface area (Å²) in [4.78, 5) is 13.7. The molecule has 0 amide bonds. The van der Waals surface area contributed by atoms with E-state index in [1.807, 2.05) is 13.0 Å². The molecule has 32 heavy (non-hydrogen) atoms. The first-order chi connectivity index (χ1) is 15.1. The van der Waals surface area contributed by atoms with Gasteiger partial charge in [0.1, 0.15) is 12.6 Å². The fourth-order valence-corrected chi connectivity index (χ4v) is 9.51. The van der Waals surface area contributed by atoms with Crippen molar-refractivity contribution >= 4 is 5.78 Å². The molecule has 6 heteroatoms. The average molecular weight is 438 g/mol. The Morgan fingerprint density at radius 3 is 2.69 bits per heavy atom. The van der Waals surface area contributed by atoms with Gasteiger partial charge in [-0.1, -0.05) is 6.92 Å². The van der Waals surface area contributed by atoms with Crippen LogP contribution in [0.25, 0.3) is 0 Å². The van der Waals surface area contributed by atoms with Crippen LogP contribution >= 0.6 is 0 Å². The SMILES string of the molecule is C[C@@]1(O)CC[C@H]2[C@H](CC[C@@H]3[C@@H]2CC[C@@]2(C)[C@H]3C[C@]3(O)C[C@]32C(=O)Cn2ccc(C#N)n2)C1. The van der Waals surface area contributed by atoms with Gasteiger partial charge >= 0.3 is 0 Å². The maximum atomic E-state index is 13.7. The number of rotatable bonds is 3. The van der Waals surface area contributed by atoms with E-state index in [-0.39, 0.29) is 17.7 Å². The number of aliphatic hydroxyl groups is 2. The van der Waals surface area contributed by atoms with Crippen molar-refractivity contribution in [3.05, 3.63) is 18.0 Å². The van der Waals surface area contributed by atoms with Gasteiger partial charge in [-0.3, -0.25) is 9.48 Å². The maximum Gasteiger partial charge on any atom is 0.163 e. The van der Waals surface area contributed by atoms with Crippen molar-refractivity contribution in [3.8, 4) is 6.07 Å². The zero-order valence-corrected chi connectivity index (χ0v) is 19.3. The number of carbonyl (C=O) groups excluding carboxylic acids is 1. The lowest BCUT2D eigenvalue weighted by atomic mass is 9.47. The minimum atomic E-state index is -0.864. The van der Waals surface area contributed by atoms with Gasteiger partial charge in [-0.15, -0.1) is 0 Å². The fraction of sp³-hybridized carbons (Fsp3) is 0.808. The number of Topliss-reactive ketones (excluding diaryl/α,β-unsaturated/α-hetero) is 1. The van der Waals surface area contributed by atoms with Crippen LogP contribution in [0, 0.1) is 51.8 Å². The number of aromatic nitrogens is 2. The molecule has 1 aromatic heterocycles. The minimum absolute atomic E-state index is 0.0958. The minimum Gasteiger partial charge on any atom is -0.390 e. The van der Waals surface area contributed by atoms with E-state index in [0.29, 0.717) is 41.7 Å². The Kier molecular flexibility index (Phi) is 4.21. The molecular formula is C26H35N3O3. The highest BCUT2D eigenvalue weighted by molar-refractivity contribution is 5.91. The van der Waals surface area contributed by atoms with Crippen molar-refractivity contribution < 1.29 is 15.0 Å². The van der Waals surface area contributed by atoms with E-state index in [4.69, 9.17) is 5.26 Å². The van der Waals surface area contributed by atoms with Gasteiger partial charge < -0.3 is 10.2 Å². The number of hydrogen-bond donors (Lipinski definition) is 2. The Morgan fingerprint density at radius 1 is 1.16 bits per heavy atom. The van der Waals surface area contributed by atoms with Crippen LogP contribution in [0.1, 0.15) is 77.3 Å². The largest absolute Gasteiger partial charge is 0.390 e. The number of carbonyl (C=O) groups is 1. The van der Waals surface area contributed by atoms with Crippen LogP contribution in [0.15, 0.2) is 12.3 Å². The van der Waals surface area contributed by atoms with Crippen molar-refractivity contribution in [1.82, 2.24) is 9.78 Å². The van der Waals surface area contributed by atoms with Gasteiger partial charge in [0.05, 0.1) is 16.6 Å². The van der Waals surface area contributed by atoms with Crippen molar-refractivity contribution in [2.45, 2.75) is 89.4 Å². The van der Waals surface area contributed by atoms with E-state index in [1.54, 1.807) is 16.9 Å². The summed E-state index contributed by atoms with van der Waals surface area (Å²) in [5.74, 6) is 3.10. The molecule has 0 unspecified atom stereocenters. The molecule has 5 aliphatic carbocycles. The zero-order chi connectivity index (χ0) is 22.5. The Labute approximate surface area is 190 Å². The first-order valence-corrected chi connectivity index (χ1v) is 12.5. The van der Waals surface area contributed by atoms with Gasteiger partial charge in [0.2, 0.25) is 0 Å². The summed E-state index contributed by atoms with van der Waals surface area (Å²) in [7, 11) is 0. The molecule has 0 spiro atoms. The highest BCUT2D eigenvalue weighted by atomic mass is 16.3. The van der Waals surface area contributed by atoms with E-state index in [0.717, 1.165) is 38.5 Å². The Morgan fingerprint density at radius 2 is 1.94 bits per heavy atom. The third-order valence-corrected chi connectivity index (χ3v) is 10.9. The first-order valence-electron chi connectivity index (χ1n) is 12.5. The number of hydrogen-bond acceptors (Lipinski definition) is 5. The van der Waals surface area contributed by atoms with Crippen molar-refractivity contribution in [2.24, 2.45) is 40.4 Å². The second-order valence-electron chi connectivity index (χ2n) is 12.4. The lowest BCUT2D eigenvalue weighted by Gasteiger charge is -2.57. The summed E-state index contributed by atoms with van der Waals surface area (Å²) >= 11 is 0. The van der Waals surface area contributed by atoms with Gasteiger partial charge in [0.15, 0.2) is 11.5 Å². The predicted octanol–water partition coefficient (Wildman–Crippen LogP) is 3.46. The molecule has 0 saturated heterocycles. The third-order valence-electron chi connectivity index (χ3n) is 10.9. The molecule has 6 rings (SSSR count). The van der Waals surface area contributed by atoms with Crippen molar-refractivity contribution in [2.75, 3.05) is 0 Å². The molecule has 1 aromatic rings. The molecule has 0 aliphatic heterocycles. The van der Waals surface area contributed by atoms with Crippen LogP contribution in [0.3, 0.4) is 0 Å². The number of nitriles is 1. The Bertz CT molecular complexity index is 1010. The normalized spacial score (nSPS) is 51.0. The maximum absolute atomic E-state index is 13.7. The highest BCUT2D eigenvalue weighted by Crippen LogP contribution is 2.81. The molecule has 2 N–H and O–H groups in total. The first kappa shape index (κ1) is 20.9. The monoisotopic (exact) mass is 437 g/mol. The smallest absolute Gasteiger partial charge is 0.163 e. The highest BCUT2D eigenvalue weighted by Gasteiger charge is 2.85. The van der Waals surface area contributed by atoms with Crippen LogP contribution in [0.4, 0.5) is 0 Å². The molecule has 0 radical (unpaired) electrons. The van der Waals surface area contributed by atoms with E-state index in [9.17, 15) is 15.0 Å². The standard InChI is InChI=1S/C26H35N3O3/c1-23(31)8-5-18-16(11-23)3-4-20-19(18)6-9-24(2)21(20)12-25(32)15-26(24,25)22(30)14-29-10-7-17(13-27)28-29/h7,10,16,18-21,31-32H,3-6,8-9,11-12,14-15H2,1-2H3/t16-,18+,19-,20-,21+,23-,24+,25+,26-/m1/s1. The van der Waals surface area contributed by atoms with Crippen molar-refractivity contribution in [1.29, 1.82) is 5.26 Å².